The molecule has 1 aliphatic rings. The summed E-state index contributed by atoms with van der Waals surface area (Å²) in [5, 5.41) is 0. The predicted molar refractivity (Wildman–Crippen MR) is 65.3 cm³/mol. The molecule has 0 aliphatic carbocycles. The Balaban J connectivity index is 2.24. The van der Waals surface area contributed by atoms with Gasteiger partial charge in [-0.15, -0.1) is 0 Å². The van der Waals surface area contributed by atoms with Crippen molar-refractivity contribution in [1.82, 2.24) is 0 Å². The molecule has 0 N–H and O–H groups in total. The average Bonchev–Trinajstić information content (AvgIpc) is 2.40. The molecule has 3 nitrogen and oxygen atoms in total. The highest BCUT2D eigenvalue weighted by Gasteiger charge is 2.10. The molecule has 0 aromatic heterocycles. The van der Waals surface area contributed by atoms with Gasteiger partial charge in [-0.1, -0.05) is 36.4 Å². The molecule has 0 atom stereocenters. The van der Waals surface area contributed by atoms with Gasteiger partial charge < -0.3 is 9.47 Å². The van der Waals surface area contributed by atoms with E-state index in [1.54, 1.807) is 0 Å². The second kappa shape index (κ2) is 5.46. The van der Waals surface area contributed by atoms with Crippen LogP contribution in [0.25, 0.3) is 5.57 Å². The Morgan fingerprint density at radius 3 is 2.76 bits per heavy atom. The zero-order valence-electron chi connectivity index (χ0n) is 9.68. The number of carbonyl (C=O) groups is 1. The number of methoxy groups -OCH3 is 1. The highest BCUT2D eigenvalue weighted by atomic mass is 16.5. The van der Waals surface area contributed by atoms with Crippen molar-refractivity contribution in [3.05, 3.63) is 53.6 Å². The van der Waals surface area contributed by atoms with Crippen LogP contribution in [0.1, 0.15) is 5.56 Å². The molecule has 0 spiro atoms. The van der Waals surface area contributed by atoms with Gasteiger partial charge in [0.25, 0.3) is 0 Å². The van der Waals surface area contributed by atoms with Crippen LogP contribution in [0.15, 0.2) is 48.1 Å². The molecule has 0 bridgehead atoms. The summed E-state index contributed by atoms with van der Waals surface area (Å²) >= 11 is 0. The van der Waals surface area contributed by atoms with Gasteiger partial charge in [-0.3, -0.25) is 0 Å². The Morgan fingerprint density at radius 2 is 2.06 bits per heavy atom. The summed E-state index contributed by atoms with van der Waals surface area (Å²) < 4.78 is 10.0. The van der Waals surface area contributed by atoms with Gasteiger partial charge in [0, 0.05) is 6.08 Å². The summed E-state index contributed by atoms with van der Waals surface area (Å²) in [4.78, 5) is 11.1. The van der Waals surface area contributed by atoms with Crippen molar-refractivity contribution in [2.24, 2.45) is 0 Å². The molecule has 88 valence electrons. The van der Waals surface area contributed by atoms with E-state index < -0.39 is 0 Å². The molecule has 1 aromatic carbocycles. The SMILES string of the molecule is COC(=O)/C=C1\C=C(c2ccccc2)COC1. The second-order valence-corrected chi connectivity index (χ2v) is 3.77. The molecular weight excluding hydrogens is 216 g/mol. The quantitative estimate of drug-likeness (QED) is 0.577. The van der Waals surface area contributed by atoms with E-state index in [1.807, 2.05) is 36.4 Å². The van der Waals surface area contributed by atoms with E-state index >= 15 is 0 Å². The van der Waals surface area contributed by atoms with Crippen LogP contribution in [0.3, 0.4) is 0 Å². The van der Waals surface area contributed by atoms with E-state index in [4.69, 9.17) is 4.74 Å². The molecule has 1 aromatic rings. The fraction of sp³-hybridized carbons (Fsp3) is 0.214. The lowest BCUT2D eigenvalue weighted by Crippen LogP contribution is -2.09. The Bertz CT molecular complexity index is 458. The Kier molecular flexibility index (Phi) is 3.73. The van der Waals surface area contributed by atoms with Crippen molar-refractivity contribution in [1.29, 1.82) is 0 Å². The molecule has 0 saturated heterocycles. The second-order valence-electron chi connectivity index (χ2n) is 3.77. The minimum Gasteiger partial charge on any atom is -0.466 e. The molecule has 3 heteroatoms. The first-order chi connectivity index (χ1) is 8.29. The minimum atomic E-state index is -0.353. The van der Waals surface area contributed by atoms with Gasteiger partial charge >= 0.3 is 5.97 Å². The number of carbonyl (C=O) groups excluding carboxylic acids is 1. The molecule has 0 saturated carbocycles. The van der Waals surface area contributed by atoms with Gasteiger partial charge in [-0.25, -0.2) is 4.79 Å². The maximum atomic E-state index is 11.1. The number of hydrogen-bond donors (Lipinski definition) is 0. The summed E-state index contributed by atoms with van der Waals surface area (Å²) in [5.74, 6) is -0.353. The van der Waals surface area contributed by atoms with E-state index in [1.165, 1.54) is 13.2 Å². The van der Waals surface area contributed by atoms with E-state index in [0.29, 0.717) is 13.2 Å². The Hall–Kier alpha value is -1.87. The third kappa shape index (κ3) is 3.04. The zero-order valence-corrected chi connectivity index (χ0v) is 9.68. The van der Waals surface area contributed by atoms with E-state index in [0.717, 1.165) is 16.7 Å². The number of hydrogen-bond acceptors (Lipinski definition) is 3. The smallest absolute Gasteiger partial charge is 0.330 e. The van der Waals surface area contributed by atoms with Crippen molar-refractivity contribution >= 4 is 11.5 Å². The van der Waals surface area contributed by atoms with Gasteiger partial charge in [-0.2, -0.15) is 0 Å². The fourth-order valence-corrected chi connectivity index (χ4v) is 1.70. The van der Waals surface area contributed by atoms with Crippen LogP contribution in [0.4, 0.5) is 0 Å². The lowest BCUT2D eigenvalue weighted by molar-refractivity contribution is -0.134. The number of rotatable bonds is 2. The van der Waals surface area contributed by atoms with Crippen molar-refractivity contribution in [3.63, 3.8) is 0 Å². The van der Waals surface area contributed by atoms with Crippen LogP contribution >= 0.6 is 0 Å². The van der Waals surface area contributed by atoms with Gasteiger partial charge in [0.2, 0.25) is 0 Å². The lowest BCUT2D eigenvalue weighted by atomic mass is 10.0. The topological polar surface area (TPSA) is 35.5 Å². The van der Waals surface area contributed by atoms with Gasteiger partial charge in [0.15, 0.2) is 0 Å². The Morgan fingerprint density at radius 1 is 1.29 bits per heavy atom. The van der Waals surface area contributed by atoms with Crippen LogP contribution < -0.4 is 0 Å². The first kappa shape index (κ1) is 11.6. The third-order valence-corrected chi connectivity index (χ3v) is 2.53. The molecule has 0 amide bonds. The molecule has 2 rings (SSSR count). The number of esters is 1. The summed E-state index contributed by atoms with van der Waals surface area (Å²) in [6.45, 7) is 1.02. The maximum absolute atomic E-state index is 11.1. The van der Waals surface area contributed by atoms with E-state index in [2.05, 4.69) is 4.74 Å². The largest absolute Gasteiger partial charge is 0.466 e. The molecule has 1 aliphatic heterocycles. The molecule has 0 unspecified atom stereocenters. The predicted octanol–water partition coefficient (Wildman–Crippen LogP) is 2.20. The third-order valence-electron chi connectivity index (χ3n) is 2.53. The van der Waals surface area contributed by atoms with Crippen molar-refractivity contribution < 1.29 is 14.3 Å². The summed E-state index contributed by atoms with van der Waals surface area (Å²) in [5.41, 5.74) is 3.02. The summed E-state index contributed by atoms with van der Waals surface area (Å²) in [6.07, 6.45) is 3.44. The average molecular weight is 230 g/mol. The highest BCUT2D eigenvalue weighted by molar-refractivity contribution is 5.84. The fourth-order valence-electron chi connectivity index (χ4n) is 1.70. The van der Waals surface area contributed by atoms with Crippen molar-refractivity contribution in [2.45, 2.75) is 0 Å². The molecule has 1 heterocycles. The molecule has 17 heavy (non-hydrogen) atoms. The normalized spacial score (nSPS) is 17.7. The number of benzene rings is 1. The first-order valence-corrected chi connectivity index (χ1v) is 5.42. The summed E-state index contributed by atoms with van der Waals surface area (Å²) in [6, 6.07) is 9.98. The lowest BCUT2D eigenvalue weighted by Gasteiger charge is -2.16. The van der Waals surface area contributed by atoms with Crippen LogP contribution in [0, 0.1) is 0 Å². The highest BCUT2D eigenvalue weighted by Crippen LogP contribution is 2.21. The van der Waals surface area contributed by atoms with Crippen LogP contribution in [0.5, 0.6) is 0 Å². The standard InChI is InChI=1S/C14H14O3/c1-16-14(15)8-11-7-13(10-17-9-11)12-5-3-2-4-6-12/h2-8H,9-10H2,1H3/b11-8+. The number of ether oxygens (including phenoxy) is 2. The van der Waals surface area contributed by atoms with Gasteiger partial charge in [0.1, 0.15) is 0 Å². The van der Waals surface area contributed by atoms with Gasteiger partial charge in [-0.05, 0) is 16.7 Å². The molecule has 0 radical (unpaired) electrons. The van der Waals surface area contributed by atoms with Crippen LogP contribution in [-0.4, -0.2) is 26.3 Å². The maximum Gasteiger partial charge on any atom is 0.330 e. The molecule has 0 fully saturated rings. The minimum absolute atomic E-state index is 0.353. The monoisotopic (exact) mass is 230 g/mol. The van der Waals surface area contributed by atoms with E-state index in [-0.39, 0.29) is 5.97 Å². The van der Waals surface area contributed by atoms with E-state index in [9.17, 15) is 4.79 Å². The first-order valence-electron chi connectivity index (χ1n) is 5.42. The van der Waals surface area contributed by atoms with Gasteiger partial charge in [0.05, 0.1) is 20.3 Å². The van der Waals surface area contributed by atoms with Crippen molar-refractivity contribution in [3.8, 4) is 0 Å². The van der Waals surface area contributed by atoms with Crippen LogP contribution in [-0.2, 0) is 14.3 Å². The van der Waals surface area contributed by atoms with Crippen LogP contribution in [0.2, 0.25) is 0 Å². The Labute approximate surface area is 100 Å². The summed E-state index contributed by atoms with van der Waals surface area (Å²) in [7, 11) is 1.37. The molecular formula is C14H14O3. The zero-order chi connectivity index (χ0) is 12.1. The van der Waals surface area contributed by atoms with Crippen molar-refractivity contribution in [2.75, 3.05) is 20.3 Å².